The summed E-state index contributed by atoms with van der Waals surface area (Å²) >= 11 is 0. The summed E-state index contributed by atoms with van der Waals surface area (Å²) in [4.78, 5) is 0. The Balaban J connectivity index is 1.67. The third-order valence-corrected chi connectivity index (χ3v) is 6.25. The highest BCUT2D eigenvalue weighted by atomic mass is 16.5. The van der Waals surface area contributed by atoms with Crippen LogP contribution in [0.3, 0.4) is 0 Å². The molecule has 4 rings (SSSR count). The molecule has 0 spiro atoms. The molecule has 1 heterocycles. The molecule has 0 amide bonds. The summed E-state index contributed by atoms with van der Waals surface area (Å²) in [6.07, 6.45) is 8.15. The molecule has 4 heteroatoms. The van der Waals surface area contributed by atoms with E-state index in [1.165, 1.54) is 5.57 Å². The molecule has 0 aromatic heterocycles. The highest BCUT2D eigenvalue weighted by molar-refractivity contribution is 6.43. The van der Waals surface area contributed by atoms with Crippen LogP contribution in [-0.4, -0.2) is 23.4 Å². The number of allylic oxidation sites excluding steroid dienone is 2. The average Bonchev–Trinajstić information content (AvgIpc) is 2.84. The van der Waals surface area contributed by atoms with E-state index in [1.807, 2.05) is 48.5 Å². The lowest BCUT2D eigenvalue weighted by molar-refractivity contribution is 0.184. The summed E-state index contributed by atoms with van der Waals surface area (Å²) in [5.74, 6) is 0.290. The van der Waals surface area contributed by atoms with Crippen molar-refractivity contribution in [3.8, 4) is 5.75 Å². The van der Waals surface area contributed by atoms with Gasteiger partial charge in [0.1, 0.15) is 5.75 Å². The number of fused-ring (bicyclic) bond motifs is 1. The summed E-state index contributed by atoms with van der Waals surface area (Å²) in [6, 6.07) is 22.0. The number of aromatic hydroxyl groups is 1. The fraction of sp³-hybridized carbons (Fsp3) is 0.241. The monoisotopic (exact) mass is 438 g/mol. The molecule has 2 N–H and O–H groups in total. The van der Waals surface area contributed by atoms with Crippen molar-refractivity contribution in [1.82, 2.24) is 0 Å². The van der Waals surface area contributed by atoms with Crippen molar-refractivity contribution in [2.75, 3.05) is 0 Å². The van der Waals surface area contributed by atoms with Gasteiger partial charge in [0.05, 0.1) is 6.10 Å². The van der Waals surface area contributed by atoms with Gasteiger partial charge >= 0.3 is 7.12 Å². The molecule has 1 aliphatic rings. The molecule has 1 unspecified atom stereocenters. The molecule has 3 aromatic carbocycles. The Labute approximate surface area is 196 Å². The first kappa shape index (κ1) is 23.1. The lowest BCUT2D eigenvalue weighted by Gasteiger charge is -2.28. The second-order valence-electron chi connectivity index (χ2n) is 8.62. The van der Waals surface area contributed by atoms with Gasteiger partial charge in [-0.15, -0.1) is 0 Å². The third kappa shape index (κ3) is 5.47. The van der Waals surface area contributed by atoms with Crippen molar-refractivity contribution >= 4 is 29.5 Å². The summed E-state index contributed by atoms with van der Waals surface area (Å²) in [5.41, 5.74) is 5.64. The van der Waals surface area contributed by atoms with Crippen LogP contribution in [0.25, 0.3) is 22.4 Å². The predicted molar refractivity (Wildman–Crippen MR) is 139 cm³/mol. The van der Waals surface area contributed by atoms with Gasteiger partial charge in [-0.05, 0) is 58.6 Å². The SMILES string of the molecule is C=C(CCC)C1=CCB(O)OC1CC/C(=C/c1ccc(O)c2ccccc12)c1ccccc1. The number of phenols is 1. The minimum Gasteiger partial charge on any atom is -0.507 e. The molecule has 0 aliphatic carbocycles. The van der Waals surface area contributed by atoms with E-state index in [4.69, 9.17) is 4.65 Å². The highest BCUT2D eigenvalue weighted by Crippen LogP contribution is 2.34. The molecule has 33 heavy (non-hydrogen) atoms. The Bertz CT molecular complexity index is 1180. The van der Waals surface area contributed by atoms with Crippen LogP contribution in [0.2, 0.25) is 6.32 Å². The Morgan fingerprint density at radius 2 is 1.76 bits per heavy atom. The van der Waals surface area contributed by atoms with Gasteiger partial charge in [0, 0.05) is 11.7 Å². The number of benzene rings is 3. The van der Waals surface area contributed by atoms with Crippen LogP contribution in [0, 0.1) is 0 Å². The first-order valence-electron chi connectivity index (χ1n) is 11.7. The maximum Gasteiger partial charge on any atom is 0.458 e. The summed E-state index contributed by atoms with van der Waals surface area (Å²) in [7, 11) is -0.765. The van der Waals surface area contributed by atoms with Crippen LogP contribution in [0.1, 0.15) is 43.7 Å². The Morgan fingerprint density at radius 3 is 2.52 bits per heavy atom. The maximum atomic E-state index is 10.3. The smallest absolute Gasteiger partial charge is 0.458 e. The Kier molecular flexibility index (Phi) is 7.48. The molecule has 1 atom stereocenters. The van der Waals surface area contributed by atoms with Crippen LogP contribution < -0.4 is 0 Å². The second kappa shape index (κ2) is 10.7. The van der Waals surface area contributed by atoms with Crippen LogP contribution in [0.15, 0.2) is 90.5 Å². The van der Waals surface area contributed by atoms with Gasteiger partial charge in [0.15, 0.2) is 0 Å². The topological polar surface area (TPSA) is 49.7 Å². The van der Waals surface area contributed by atoms with Gasteiger partial charge in [-0.2, -0.15) is 0 Å². The zero-order valence-corrected chi connectivity index (χ0v) is 19.2. The van der Waals surface area contributed by atoms with E-state index >= 15 is 0 Å². The summed E-state index contributed by atoms with van der Waals surface area (Å²) in [5, 5.41) is 22.3. The van der Waals surface area contributed by atoms with Crippen LogP contribution in [0.4, 0.5) is 0 Å². The predicted octanol–water partition coefficient (Wildman–Crippen LogP) is 7.03. The lowest BCUT2D eigenvalue weighted by Crippen LogP contribution is -2.31. The molecule has 0 radical (unpaired) electrons. The summed E-state index contributed by atoms with van der Waals surface area (Å²) in [6.45, 7) is 6.42. The minimum atomic E-state index is -0.765. The van der Waals surface area contributed by atoms with E-state index in [1.54, 1.807) is 6.07 Å². The summed E-state index contributed by atoms with van der Waals surface area (Å²) < 4.78 is 5.95. The number of rotatable bonds is 8. The normalized spacial score (nSPS) is 16.7. The van der Waals surface area contributed by atoms with Gasteiger partial charge in [-0.3, -0.25) is 0 Å². The van der Waals surface area contributed by atoms with E-state index in [9.17, 15) is 10.1 Å². The van der Waals surface area contributed by atoms with E-state index in [0.29, 0.717) is 6.32 Å². The van der Waals surface area contributed by atoms with E-state index in [-0.39, 0.29) is 11.9 Å². The minimum absolute atomic E-state index is 0.170. The lowest BCUT2D eigenvalue weighted by atomic mass is 9.77. The average molecular weight is 438 g/mol. The van der Waals surface area contributed by atoms with E-state index in [2.05, 4.69) is 37.8 Å². The zero-order chi connectivity index (χ0) is 23.2. The zero-order valence-electron chi connectivity index (χ0n) is 19.2. The fourth-order valence-electron chi connectivity index (χ4n) is 4.58. The van der Waals surface area contributed by atoms with Crippen molar-refractivity contribution in [3.63, 3.8) is 0 Å². The van der Waals surface area contributed by atoms with Crippen molar-refractivity contribution in [2.24, 2.45) is 0 Å². The van der Waals surface area contributed by atoms with Crippen molar-refractivity contribution in [2.45, 2.75) is 45.0 Å². The quantitative estimate of drug-likeness (QED) is 0.293. The first-order chi connectivity index (χ1) is 16.1. The largest absolute Gasteiger partial charge is 0.507 e. The molecule has 168 valence electrons. The molecule has 3 nitrogen and oxygen atoms in total. The molecule has 0 bridgehead atoms. The van der Waals surface area contributed by atoms with E-state index in [0.717, 1.165) is 58.7 Å². The standard InChI is InChI=1S/C29H31BO3/c1-3-9-21(2)25-18-19-30(32)33-29(25)17-15-23(22-10-5-4-6-11-22)20-24-14-16-28(31)27-13-8-7-12-26(24)27/h4-8,10-14,16,18,20,29,31-32H,2-3,9,15,17,19H2,1H3/b23-20-. The molecule has 3 aromatic rings. The maximum absolute atomic E-state index is 10.3. The number of hydrogen-bond acceptors (Lipinski definition) is 3. The van der Waals surface area contributed by atoms with Gasteiger partial charge in [-0.25, -0.2) is 0 Å². The first-order valence-corrected chi connectivity index (χ1v) is 11.7. The molecular formula is C29H31BO3. The molecule has 1 aliphatic heterocycles. The van der Waals surface area contributed by atoms with Gasteiger partial charge in [0.25, 0.3) is 0 Å². The van der Waals surface area contributed by atoms with Crippen molar-refractivity contribution in [1.29, 1.82) is 0 Å². The van der Waals surface area contributed by atoms with Gasteiger partial charge in [0.2, 0.25) is 0 Å². The van der Waals surface area contributed by atoms with Crippen LogP contribution >= 0.6 is 0 Å². The number of hydrogen-bond donors (Lipinski definition) is 2. The fourth-order valence-corrected chi connectivity index (χ4v) is 4.58. The van der Waals surface area contributed by atoms with Crippen LogP contribution in [0.5, 0.6) is 5.75 Å². The molecule has 0 saturated carbocycles. The molecular weight excluding hydrogens is 407 g/mol. The molecule has 0 saturated heterocycles. The highest BCUT2D eigenvalue weighted by Gasteiger charge is 2.28. The Hall–Kier alpha value is -3.08. The molecule has 0 fully saturated rings. The number of phenolic OH excluding ortho intramolecular Hbond substituents is 1. The van der Waals surface area contributed by atoms with Gasteiger partial charge < -0.3 is 14.8 Å². The third-order valence-electron chi connectivity index (χ3n) is 6.25. The van der Waals surface area contributed by atoms with Crippen LogP contribution in [-0.2, 0) is 4.65 Å². The second-order valence-corrected chi connectivity index (χ2v) is 8.62. The Morgan fingerprint density at radius 1 is 1.03 bits per heavy atom. The van der Waals surface area contributed by atoms with E-state index < -0.39 is 7.12 Å². The van der Waals surface area contributed by atoms with Gasteiger partial charge in [-0.1, -0.05) is 92.7 Å². The van der Waals surface area contributed by atoms with Crippen molar-refractivity contribution in [3.05, 3.63) is 102 Å². The van der Waals surface area contributed by atoms with Crippen molar-refractivity contribution < 1.29 is 14.8 Å².